The molecule has 0 spiro atoms. The summed E-state index contributed by atoms with van der Waals surface area (Å²) in [5, 5.41) is 7.10. The fourth-order valence-electron chi connectivity index (χ4n) is 5.91. The standard InChI is InChI=1S/C31H36F3N5O2/c1-21(2)39-28(14-15-35-39)29(40)36-24-9-11-25(12-10-24)37-16-18-38(19-17-37)30(41)23-8-13-26(22-6-4-3-5-7-22)27(20-23)31(32,33)34/h8-15,20-22H,3-7,16-19H2,1-2H3,(H,36,40). The van der Waals surface area contributed by atoms with Crippen molar-refractivity contribution in [3.8, 4) is 0 Å². The summed E-state index contributed by atoms with van der Waals surface area (Å²) in [5.74, 6) is -0.711. The first-order chi connectivity index (χ1) is 19.6. The van der Waals surface area contributed by atoms with E-state index in [1.165, 1.54) is 6.07 Å². The number of aromatic nitrogens is 2. The molecule has 0 unspecified atom stereocenters. The topological polar surface area (TPSA) is 70.5 Å². The van der Waals surface area contributed by atoms with Gasteiger partial charge in [-0.1, -0.05) is 25.3 Å². The Morgan fingerprint density at radius 2 is 1.61 bits per heavy atom. The number of anilines is 2. The van der Waals surface area contributed by atoms with Crippen LogP contribution < -0.4 is 10.2 Å². The lowest BCUT2D eigenvalue weighted by atomic mass is 9.81. The van der Waals surface area contributed by atoms with Crippen molar-refractivity contribution in [3.05, 3.63) is 77.1 Å². The van der Waals surface area contributed by atoms with E-state index in [4.69, 9.17) is 0 Å². The first-order valence-corrected chi connectivity index (χ1v) is 14.3. The first-order valence-electron chi connectivity index (χ1n) is 14.3. The predicted octanol–water partition coefficient (Wildman–Crippen LogP) is 6.75. The molecule has 1 aliphatic carbocycles. The minimum Gasteiger partial charge on any atom is -0.368 e. The average Bonchev–Trinajstić information content (AvgIpc) is 3.48. The third kappa shape index (κ3) is 6.41. The van der Waals surface area contributed by atoms with Crippen LogP contribution in [0.4, 0.5) is 24.5 Å². The van der Waals surface area contributed by atoms with Gasteiger partial charge in [-0.15, -0.1) is 0 Å². The number of carbonyl (C=O) groups excluding carboxylic acids is 2. The zero-order valence-corrected chi connectivity index (χ0v) is 23.5. The minimum absolute atomic E-state index is 0.0614. The molecule has 2 amide bonds. The van der Waals surface area contributed by atoms with Gasteiger partial charge in [0.15, 0.2) is 0 Å². The maximum absolute atomic E-state index is 14.0. The zero-order chi connectivity index (χ0) is 29.1. The molecule has 2 aromatic carbocycles. The van der Waals surface area contributed by atoms with Crippen LogP contribution in [0.5, 0.6) is 0 Å². The summed E-state index contributed by atoms with van der Waals surface area (Å²) in [7, 11) is 0. The predicted molar refractivity (Wildman–Crippen MR) is 152 cm³/mol. The maximum Gasteiger partial charge on any atom is 0.416 e. The van der Waals surface area contributed by atoms with E-state index in [9.17, 15) is 22.8 Å². The van der Waals surface area contributed by atoms with Crippen molar-refractivity contribution in [2.24, 2.45) is 0 Å². The van der Waals surface area contributed by atoms with Gasteiger partial charge in [-0.05, 0) is 80.6 Å². The van der Waals surface area contributed by atoms with E-state index in [1.54, 1.807) is 27.9 Å². The van der Waals surface area contributed by atoms with Crippen molar-refractivity contribution in [3.63, 3.8) is 0 Å². The number of carbonyl (C=O) groups is 2. The monoisotopic (exact) mass is 567 g/mol. The highest BCUT2D eigenvalue weighted by atomic mass is 19.4. The van der Waals surface area contributed by atoms with Crippen LogP contribution in [0.15, 0.2) is 54.7 Å². The van der Waals surface area contributed by atoms with Crippen molar-refractivity contribution < 1.29 is 22.8 Å². The van der Waals surface area contributed by atoms with Crippen LogP contribution in [-0.4, -0.2) is 52.7 Å². The second kappa shape index (κ2) is 12.0. The van der Waals surface area contributed by atoms with Crippen molar-refractivity contribution in [1.29, 1.82) is 0 Å². The molecular formula is C31H36F3N5O2. The molecule has 218 valence electrons. The molecule has 3 aromatic rings. The number of rotatable bonds is 6. The highest BCUT2D eigenvalue weighted by Crippen LogP contribution is 2.41. The van der Waals surface area contributed by atoms with Crippen LogP contribution >= 0.6 is 0 Å². The van der Waals surface area contributed by atoms with Crippen molar-refractivity contribution in [2.45, 2.75) is 64.1 Å². The number of nitrogens with zero attached hydrogens (tertiary/aromatic N) is 4. The van der Waals surface area contributed by atoms with E-state index >= 15 is 0 Å². The van der Waals surface area contributed by atoms with Gasteiger partial charge < -0.3 is 15.1 Å². The summed E-state index contributed by atoms with van der Waals surface area (Å²) in [5.41, 5.74) is 1.82. The molecule has 1 aliphatic heterocycles. The molecular weight excluding hydrogens is 531 g/mol. The van der Waals surface area contributed by atoms with E-state index < -0.39 is 11.7 Å². The molecule has 2 aliphatic rings. The third-order valence-corrected chi connectivity index (χ3v) is 8.10. The van der Waals surface area contributed by atoms with Gasteiger partial charge >= 0.3 is 6.18 Å². The third-order valence-electron chi connectivity index (χ3n) is 8.10. The van der Waals surface area contributed by atoms with Crippen LogP contribution in [-0.2, 0) is 6.18 Å². The summed E-state index contributed by atoms with van der Waals surface area (Å²) in [6.07, 6.45) is 1.56. The molecule has 1 saturated carbocycles. The number of benzene rings is 2. The summed E-state index contributed by atoms with van der Waals surface area (Å²) in [6.45, 7) is 5.83. The molecule has 0 bridgehead atoms. The fourth-order valence-corrected chi connectivity index (χ4v) is 5.91. The summed E-state index contributed by atoms with van der Waals surface area (Å²) < 4.78 is 43.6. The van der Waals surface area contributed by atoms with E-state index in [-0.39, 0.29) is 29.3 Å². The fraction of sp³-hybridized carbons (Fsp3) is 0.452. The Morgan fingerprint density at radius 1 is 0.927 bits per heavy atom. The first kappa shape index (κ1) is 28.7. The highest BCUT2D eigenvalue weighted by molar-refractivity contribution is 6.03. The molecule has 2 fully saturated rings. The van der Waals surface area contributed by atoms with Gasteiger partial charge in [-0.25, -0.2) is 0 Å². The smallest absolute Gasteiger partial charge is 0.368 e. The van der Waals surface area contributed by atoms with Gasteiger partial charge in [0.25, 0.3) is 11.8 Å². The Bertz CT molecular complexity index is 1370. The molecule has 1 aromatic heterocycles. The Labute approximate surface area is 238 Å². The molecule has 1 N–H and O–H groups in total. The normalized spacial score (nSPS) is 16.7. The SMILES string of the molecule is CC(C)n1nccc1C(=O)Nc1ccc(N2CCN(C(=O)c3ccc(C4CCCCC4)c(C(F)(F)F)c3)CC2)cc1. The molecule has 0 radical (unpaired) electrons. The van der Waals surface area contributed by atoms with Gasteiger partial charge in [-0.2, -0.15) is 18.3 Å². The highest BCUT2D eigenvalue weighted by Gasteiger charge is 2.37. The van der Waals surface area contributed by atoms with Crippen molar-refractivity contribution in [2.75, 3.05) is 36.4 Å². The molecule has 1 saturated heterocycles. The van der Waals surface area contributed by atoms with E-state index in [2.05, 4.69) is 15.3 Å². The summed E-state index contributed by atoms with van der Waals surface area (Å²) >= 11 is 0. The van der Waals surface area contributed by atoms with Crippen LogP contribution in [0.3, 0.4) is 0 Å². The van der Waals surface area contributed by atoms with Crippen LogP contribution in [0, 0.1) is 0 Å². The number of nitrogens with one attached hydrogen (secondary N) is 1. The number of amides is 2. The van der Waals surface area contributed by atoms with Gasteiger partial charge in [0.05, 0.1) is 5.56 Å². The molecule has 2 heterocycles. The van der Waals surface area contributed by atoms with E-state index in [0.29, 0.717) is 43.1 Å². The quantitative estimate of drug-likeness (QED) is 0.358. The second-order valence-corrected chi connectivity index (χ2v) is 11.2. The zero-order valence-electron chi connectivity index (χ0n) is 23.5. The summed E-state index contributed by atoms with van der Waals surface area (Å²) in [6, 6.07) is 13.4. The number of halogens is 3. The lowest BCUT2D eigenvalue weighted by Gasteiger charge is -2.36. The number of piperazine rings is 1. The second-order valence-electron chi connectivity index (χ2n) is 11.2. The Balaban J connectivity index is 1.20. The molecule has 10 heteroatoms. The average molecular weight is 568 g/mol. The van der Waals surface area contributed by atoms with Crippen LogP contribution in [0.25, 0.3) is 0 Å². The summed E-state index contributed by atoms with van der Waals surface area (Å²) in [4.78, 5) is 29.7. The number of hydrogen-bond acceptors (Lipinski definition) is 4. The Hall–Kier alpha value is -3.82. The Kier molecular flexibility index (Phi) is 8.37. The maximum atomic E-state index is 14.0. The van der Waals surface area contributed by atoms with Gasteiger partial charge in [0.1, 0.15) is 5.69 Å². The van der Waals surface area contributed by atoms with Gasteiger partial charge in [-0.3, -0.25) is 14.3 Å². The minimum atomic E-state index is -4.50. The van der Waals surface area contributed by atoms with Crippen LogP contribution in [0.1, 0.15) is 89.9 Å². The molecule has 41 heavy (non-hydrogen) atoms. The lowest BCUT2D eigenvalue weighted by molar-refractivity contribution is -0.138. The Morgan fingerprint density at radius 3 is 2.24 bits per heavy atom. The van der Waals surface area contributed by atoms with Gasteiger partial charge in [0.2, 0.25) is 0 Å². The molecule has 7 nitrogen and oxygen atoms in total. The largest absolute Gasteiger partial charge is 0.416 e. The number of alkyl halides is 3. The van der Waals surface area contributed by atoms with Crippen molar-refractivity contribution >= 4 is 23.2 Å². The lowest BCUT2D eigenvalue weighted by Crippen LogP contribution is -2.48. The van der Waals surface area contributed by atoms with E-state index in [1.807, 2.05) is 38.1 Å². The molecule has 5 rings (SSSR count). The molecule has 0 atom stereocenters. The van der Waals surface area contributed by atoms with Crippen molar-refractivity contribution in [1.82, 2.24) is 14.7 Å². The van der Waals surface area contributed by atoms with Crippen LogP contribution in [0.2, 0.25) is 0 Å². The van der Waals surface area contributed by atoms with E-state index in [0.717, 1.165) is 43.9 Å². The van der Waals surface area contributed by atoms with Gasteiger partial charge in [0, 0.05) is 55.4 Å². The number of hydrogen-bond donors (Lipinski definition) is 1.